The molecular formula is C13H18O. The van der Waals surface area contributed by atoms with Gasteiger partial charge in [0.25, 0.3) is 0 Å². The van der Waals surface area contributed by atoms with Crippen molar-refractivity contribution in [2.24, 2.45) is 0 Å². The molecule has 1 aliphatic rings. The van der Waals surface area contributed by atoms with Gasteiger partial charge in [0.1, 0.15) is 0 Å². The highest BCUT2D eigenvalue weighted by molar-refractivity contribution is 5.18. The van der Waals surface area contributed by atoms with Gasteiger partial charge in [0, 0.05) is 0 Å². The van der Waals surface area contributed by atoms with E-state index in [-0.39, 0.29) is 0 Å². The standard InChI is InChI=1S/C13H18O/c1-2-6-12-9-10-13(14-12)11-7-4-3-5-8-11/h3-5,7-8,12-13H,2,6,9-10H2,1H3. The van der Waals surface area contributed by atoms with E-state index in [1.807, 2.05) is 0 Å². The molecule has 0 radical (unpaired) electrons. The molecule has 76 valence electrons. The summed E-state index contributed by atoms with van der Waals surface area (Å²) in [6.45, 7) is 2.22. The van der Waals surface area contributed by atoms with Crippen molar-refractivity contribution in [2.45, 2.75) is 44.8 Å². The van der Waals surface area contributed by atoms with Crippen LogP contribution in [-0.4, -0.2) is 6.10 Å². The maximum Gasteiger partial charge on any atom is 0.0829 e. The van der Waals surface area contributed by atoms with E-state index in [4.69, 9.17) is 4.74 Å². The van der Waals surface area contributed by atoms with Crippen LogP contribution in [0.1, 0.15) is 44.3 Å². The Labute approximate surface area is 86.1 Å². The zero-order valence-electron chi connectivity index (χ0n) is 8.78. The lowest BCUT2D eigenvalue weighted by atomic mass is 10.1. The van der Waals surface area contributed by atoms with Crippen LogP contribution in [0.25, 0.3) is 0 Å². The average Bonchev–Trinajstić information content (AvgIpc) is 2.68. The number of benzene rings is 1. The summed E-state index contributed by atoms with van der Waals surface area (Å²) < 4.78 is 5.99. The quantitative estimate of drug-likeness (QED) is 0.706. The van der Waals surface area contributed by atoms with E-state index in [2.05, 4.69) is 37.3 Å². The number of hydrogen-bond acceptors (Lipinski definition) is 1. The minimum atomic E-state index is 0.354. The Morgan fingerprint density at radius 2 is 2.00 bits per heavy atom. The minimum Gasteiger partial charge on any atom is -0.370 e. The van der Waals surface area contributed by atoms with Crippen LogP contribution in [0.2, 0.25) is 0 Å². The van der Waals surface area contributed by atoms with E-state index in [0.717, 1.165) is 0 Å². The van der Waals surface area contributed by atoms with Crippen LogP contribution >= 0.6 is 0 Å². The van der Waals surface area contributed by atoms with Crippen LogP contribution in [-0.2, 0) is 4.74 Å². The lowest BCUT2D eigenvalue weighted by molar-refractivity contribution is 0.0396. The van der Waals surface area contributed by atoms with E-state index in [1.165, 1.54) is 31.2 Å². The van der Waals surface area contributed by atoms with Crippen LogP contribution in [0.4, 0.5) is 0 Å². The number of hydrogen-bond donors (Lipinski definition) is 0. The molecule has 0 aliphatic carbocycles. The summed E-state index contributed by atoms with van der Waals surface area (Å²) in [5.74, 6) is 0. The molecule has 1 saturated heterocycles. The molecule has 1 aliphatic heterocycles. The van der Waals surface area contributed by atoms with Crippen molar-refractivity contribution in [3.63, 3.8) is 0 Å². The number of ether oxygens (including phenoxy) is 1. The second-order valence-electron chi connectivity index (χ2n) is 4.02. The first kappa shape index (κ1) is 9.72. The monoisotopic (exact) mass is 190 g/mol. The minimum absolute atomic E-state index is 0.354. The van der Waals surface area contributed by atoms with E-state index >= 15 is 0 Å². The topological polar surface area (TPSA) is 9.23 Å². The third-order valence-electron chi connectivity index (χ3n) is 2.89. The van der Waals surface area contributed by atoms with Crippen LogP contribution in [0, 0.1) is 0 Å². The Bertz CT molecular complexity index is 268. The second kappa shape index (κ2) is 4.61. The molecule has 2 atom stereocenters. The van der Waals surface area contributed by atoms with Gasteiger partial charge in [-0.1, -0.05) is 43.7 Å². The molecule has 1 fully saturated rings. The normalized spacial score (nSPS) is 26.6. The maximum absolute atomic E-state index is 5.99. The molecule has 14 heavy (non-hydrogen) atoms. The molecule has 2 unspecified atom stereocenters. The summed E-state index contributed by atoms with van der Waals surface area (Å²) in [7, 11) is 0. The molecule has 1 nitrogen and oxygen atoms in total. The molecule has 1 heteroatoms. The van der Waals surface area contributed by atoms with Gasteiger partial charge in [0.2, 0.25) is 0 Å². The molecule has 1 aromatic rings. The fraction of sp³-hybridized carbons (Fsp3) is 0.538. The summed E-state index contributed by atoms with van der Waals surface area (Å²) in [6, 6.07) is 10.6. The van der Waals surface area contributed by atoms with Gasteiger partial charge in [-0.05, 0) is 24.8 Å². The maximum atomic E-state index is 5.99. The van der Waals surface area contributed by atoms with Crippen molar-refractivity contribution in [3.05, 3.63) is 35.9 Å². The highest BCUT2D eigenvalue weighted by Crippen LogP contribution is 2.33. The smallest absolute Gasteiger partial charge is 0.0829 e. The Hall–Kier alpha value is -0.820. The zero-order chi connectivity index (χ0) is 9.80. The molecule has 1 heterocycles. The molecule has 0 saturated carbocycles. The van der Waals surface area contributed by atoms with Crippen molar-refractivity contribution < 1.29 is 4.74 Å². The van der Waals surface area contributed by atoms with Crippen molar-refractivity contribution in [1.29, 1.82) is 0 Å². The molecule has 0 bridgehead atoms. The van der Waals surface area contributed by atoms with Crippen LogP contribution in [0.5, 0.6) is 0 Å². The SMILES string of the molecule is CCCC1CCC(c2ccccc2)O1. The summed E-state index contributed by atoms with van der Waals surface area (Å²) in [5, 5.41) is 0. The van der Waals surface area contributed by atoms with E-state index < -0.39 is 0 Å². The highest BCUT2D eigenvalue weighted by Gasteiger charge is 2.25. The molecule has 0 aromatic heterocycles. The predicted octanol–water partition coefficient (Wildman–Crippen LogP) is 3.71. The van der Waals surface area contributed by atoms with Gasteiger partial charge < -0.3 is 4.74 Å². The van der Waals surface area contributed by atoms with Gasteiger partial charge >= 0.3 is 0 Å². The molecule has 0 amide bonds. The van der Waals surface area contributed by atoms with Gasteiger partial charge in [-0.2, -0.15) is 0 Å². The lowest BCUT2D eigenvalue weighted by Gasteiger charge is -2.13. The number of rotatable bonds is 3. The van der Waals surface area contributed by atoms with E-state index in [1.54, 1.807) is 0 Å². The Kier molecular flexibility index (Phi) is 3.20. The Morgan fingerprint density at radius 3 is 2.71 bits per heavy atom. The van der Waals surface area contributed by atoms with Crippen LogP contribution < -0.4 is 0 Å². The molecule has 2 rings (SSSR count). The van der Waals surface area contributed by atoms with Gasteiger partial charge in [-0.25, -0.2) is 0 Å². The highest BCUT2D eigenvalue weighted by atomic mass is 16.5. The third kappa shape index (κ3) is 2.16. The Morgan fingerprint density at radius 1 is 1.21 bits per heavy atom. The summed E-state index contributed by atoms with van der Waals surface area (Å²) in [5.41, 5.74) is 1.34. The summed E-state index contributed by atoms with van der Waals surface area (Å²) in [6.07, 6.45) is 5.72. The molecular weight excluding hydrogens is 172 g/mol. The fourth-order valence-corrected chi connectivity index (χ4v) is 2.15. The fourth-order valence-electron chi connectivity index (χ4n) is 2.15. The van der Waals surface area contributed by atoms with Crippen LogP contribution in [0.3, 0.4) is 0 Å². The van der Waals surface area contributed by atoms with Crippen LogP contribution in [0.15, 0.2) is 30.3 Å². The zero-order valence-corrected chi connectivity index (χ0v) is 8.78. The van der Waals surface area contributed by atoms with Crippen molar-refractivity contribution >= 4 is 0 Å². The van der Waals surface area contributed by atoms with Gasteiger partial charge in [-0.3, -0.25) is 0 Å². The molecule has 1 aromatic carbocycles. The molecule has 0 N–H and O–H groups in total. The third-order valence-corrected chi connectivity index (χ3v) is 2.89. The first-order valence-electron chi connectivity index (χ1n) is 5.60. The summed E-state index contributed by atoms with van der Waals surface area (Å²) >= 11 is 0. The van der Waals surface area contributed by atoms with E-state index in [9.17, 15) is 0 Å². The largest absolute Gasteiger partial charge is 0.370 e. The van der Waals surface area contributed by atoms with Crippen molar-refractivity contribution in [3.8, 4) is 0 Å². The average molecular weight is 190 g/mol. The first-order chi connectivity index (χ1) is 6.90. The van der Waals surface area contributed by atoms with Gasteiger partial charge in [-0.15, -0.1) is 0 Å². The first-order valence-corrected chi connectivity index (χ1v) is 5.60. The Balaban J connectivity index is 1.96. The van der Waals surface area contributed by atoms with Crippen molar-refractivity contribution in [2.75, 3.05) is 0 Å². The van der Waals surface area contributed by atoms with Crippen molar-refractivity contribution in [1.82, 2.24) is 0 Å². The van der Waals surface area contributed by atoms with E-state index in [0.29, 0.717) is 12.2 Å². The van der Waals surface area contributed by atoms with Gasteiger partial charge in [0.15, 0.2) is 0 Å². The predicted molar refractivity (Wildman–Crippen MR) is 58.2 cm³/mol. The molecule has 0 spiro atoms. The summed E-state index contributed by atoms with van der Waals surface area (Å²) in [4.78, 5) is 0. The van der Waals surface area contributed by atoms with Gasteiger partial charge in [0.05, 0.1) is 12.2 Å². The second-order valence-corrected chi connectivity index (χ2v) is 4.02. The lowest BCUT2D eigenvalue weighted by Crippen LogP contribution is -2.05.